The van der Waals surface area contributed by atoms with E-state index in [-0.39, 0.29) is 6.79 Å². The summed E-state index contributed by atoms with van der Waals surface area (Å²) in [5.41, 5.74) is 0. The van der Waals surface area contributed by atoms with Crippen LogP contribution in [0, 0.1) is 0 Å². The summed E-state index contributed by atoms with van der Waals surface area (Å²) in [6.07, 6.45) is 0.958. The van der Waals surface area contributed by atoms with E-state index in [1.165, 1.54) is 0 Å². The van der Waals surface area contributed by atoms with Crippen molar-refractivity contribution in [3.05, 3.63) is 30.3 Å². The lowest BCUT2D eigenvalue weighted by Crippen LogP contribution is -2.44. The highest BCUT2D eigenvalue weighted by Crippen LogP contribution is 2.16. The molecule has 0 aliphatic carbocycles. The Balaban J connectivity index is 2.42. The Morgan fingerprint density at radius 2 is 1.71 bits per heavy atom. The normalized spacial score (nSPS) is 11.5. The van der Waals surface area contributed by atoms with E-state index in [1.807, 2.05) is 30.3 Å². The SMILES string of the molecule is CCC[Si](OC)(OC)OCOc1ccccc1. The maximum Gasteiger partial charge on any atom is 0.502 e. The smallest absolute Gasteiger partial charge is 0.468 e. The van der Waals surface area contributed by atoms with Gasteiger partial charge in [0, 0.05) is 20.3 Å². The van der Waals surface area contributed by atoms with Crippen molar-refractivity contribution in [1.29, 1.82) is 0 Å². The van der Waals surface area contributed by atoms with Crippen LogP contribution in [-0.2, 0) is 13.3 Å². The van der Waals surface area contributed by atoms with Crippen molar-refractivity contribution in [3.63, 3.8) is 0 Å². The van der Waals surface area contributed by atoms with Crippen molar-refractivity contribution in [2.45, 2.75) is 19.4 Å². The van der Waals surface area contributed by atoms with E-state index in [4.69, 9.17) is 18.0 Å². The van der Waals surface area contributed by atoms with Crippen LogP contribution >= 0.6 is 0 Å². The van der Waals surface area contributed by atoms with Crippen LogP contribution in [0.4, 0.5) is 0 Å². The maximum absolute atomic E-state index is 5.64. The van der Waals surface area contributed by atoms with E-state index in [9.17, 15) is 0 Å². The zero-order valence-electron chi connectivity index (χ0n) is 10.6. The highest BCUT2D eigenvalue weighted by Gasteiger charge is 2.38. The summed E-state index contributed by atoms with van der Waals surface area (Å²) in [7, 11) is 0.716. The van der Waals surface area contributed by atoms with Crippen LogP contribution in [0.5, 0.6) is 5.75 Å². The van der Waals surface area contributed by atoms with Gasteiger partial charge in [-0.3, -0.25) is 0 Å². The first kappa shape index (κ1) is 14.2. The Hall–Kier alpha value is -0.883. The van der Waals surface area contributed by atoms with Gasteiger partial charge in [-0.2, -0.15) is 0 Å². The average molecular weight is 256 g/mol. The standard InChI is InChI=1S/C12H20O4Si/c1-4-10-17(13-2,14-3)16-11-15-12-8-6-5-7-9-12/h5-9H,4,10-11H2,1-3H3. The Bertz CT molecular complexity index is 301. The zero-order valence-corrected chi connectivity index (χ0v) is 11.6. The molecule has 0 spiro atoms. The first-order valence-electron chi connectivity index (χ1n) is 5.68. The molecule has 0 saturated carbocycles. The van der Waals surface area contributed by atoms with E-state index < -0.39 is 8.80 Å². The van der Waals surface area contributed by atoms with Crippen molar-refractivity contribution in [2.75, 3.05) is 21.0 Å². The summed E-state index contributed by atoms with van der Waals surface area (Å²) >= 11 is 0. The minimum absolute atomic E-state index is 0.151. The van der Waals surface area contributed by atoms with Gasteiger partial charge in [-0.1, -0.05) is 31.5 Å². The molecule has 5 heteroatoms. The Kier molecular flexibility index (Phi) is 6.21. The van der Waals surface area contributed by atoms with Crippen LogP contribution in [0.3, 0.4) is 0 Å². The second-order valence-corrected chi connectivity index (χ2v) is 6.53. The molecular formula is C12H20O4Si. The summed E-state index contributed by atoms with van der Waals surface area (Å²) in [5, 5.41) is 0. The van der Waals surface area contributed by atoms with Crippen molar-refractivity contribution in [1.82, 2.24) is 0 Å². The van der Waals surface area contributed by atoms with Crippen LogP contribution < -0.4 is 4.74 Å². The number of hydrogen-bond acceptors (Lipinski definition) is 4. The van der Waals surface area contributed by atoms with Crippen LogP contribution in [0.25, 0.3) is 0 Å². The molecule has 0 saturated heterocycles. The van der Waals surface area contributed by atoms with Crippen LogP contribution in [0.15, 0.2) is 30.3 Å². The second kappa shape index (κ2) is 7.44. The highest BCUT2D eigenvalue weighted by molar-refractivity contribution is 6.60. The van der Waals surface area contributed by atoms with Crippen molar-refractivity contribution < 1.29 is 18.0 Å². The summed E-state index contributed by atoms with van der Waals surface area (Å²) in [4.78, 5) is 0. The predicted octanol–water partition coefficient (Wildman–Crippen LogP) is 2.68. The van der Waals surface area contributed by atoms with Crippen molar-refractivity contribution in [2.24, 2.45) is 0 Å². The molecule has 17 heavy (non-hydrogen) atoms. The Morgan fingerprint density at radius 1 is 1.06 bits per heavy atom. The molecule has 96 valence electrons. The lowest BCUT2D eigenvalue weighted by atomic mass is 10.3. The molecule has 1 aromatic rings. The number of hydrogen-bond donors (Lipinski definition) is 0. The van der Waals surface area contributed by atoms with Gasteiger partial charge in [0.2, 0.25) is 0 Å². The van der Waals surface area contributed by atoms with Gasteiger partial charge < -0.3 is 18.0 Å². The van der Waals surface area contributed by atoms with Crippen LogP contribution in [0.2, 0.25) is 6.04 Å². The fourth-order valence-corrected chi connectivity index (χ4v) is 3.29. The van der Waals surface area contributed by atoms with Gasteiger partial charge >= 0.3 is 8.80 Å². The topological polar surface area (TPSA) is 36.9 Å². The number of para-hydroxylation sites is 1. The first-order chi connectivity index (χ1) is 8.26. The fourth-order valence-electron chi connectivity index (χ4n) is 1.49. The Morgan fingerprint density at radius 3 is 2.24 bits per heavy atom. The van der Waals surface area contributed by atoms with Crippen molar-refractivity contribution in [3.8, 4) is 5.75 Å². The molecule has 0 heterocycles. The zero-order chi connectivity index (χ0) is 12.6. The van der Waals surface area contributed by atoms with Gasteiger partial charge in [0.15, 0.2) is 6.79 Å². The molecule has 0 radical (unpaired) electrons. The number of rotatable bonds is 8. The van der Waals surface area contributed by atoms with Gasteiger partial charge in [0.25, 0.3) is 0 Å². The highest BCUT2D eigenvalue weighted by atomic mass is 28.4. The van der Waals surface area contributed by atoms with Crippen LogP contribution in [-0.4, -0.2) is 29.8 Å². The molecule has 0 aliphatic rings. The van der Waals surface area contributed by atoms with E-state index in [1.54, 1.807) is 14.2 Å². The maximum atomic E-state index is 5.64. The van der Waals surface area contributed by atoms with Crippen molar-refractivity contribution >= 4 is 8.80 Å². The fraction of sp³-hybridized carbons (Fsp3) is 0.500. The molecule has 0 aromatic heterocycles. The largest absolute Gasteiger partial charge is 0.502 e. The lowest BCUT2D eigenvalue weighted by Gasteiger charge is -2.25. The molecule has 0 bridgehead atoms. The molecule has 0 aliphatic heterocycles. The second-order valence-electron chi connectivity index (χ2n) is 3.56. The summed E-state index contributed by atoms with van der Waals surface area (Å²) in [6.45, 7) is 2.22. The Labute approximate surface area is 104 Å². The third-order valence-electron chi connectivity index (χ3n) is 2.43. The van der Waals surface area contributed by atoms with E-state index in [0.29, 0.717) is 0 Å². The van der Waals surface area contributed by atoms with Gasteiger partial charge in [-0.25, -0.2) is 0 Å². The third-order valence-corrected chi connectivity index (χ3v) is 5.34. The molecular weight excluding hydrogens is 236 g/mol. The molecule has 1 rings (SSSR count). The van der Waals surface area contributed by atoms with Gasteiger partial charge in [-0.05, 0) is 12.1 Å². The molecule has 0 amide bonds. The quantitative estimate of drug-likeness (QED) is 0.529. The van der Waals surface area contributed by atoms with E-state index >= 15 is 0 Å². The van der Waals surface area contributed by atoms with E-state index in [2.05, 4.69) is 6.92 Å². The number of benzene rings is 1. The summed E-state index contributed by atoms with van der Waals surface area (Å²) in [6, 6.07) is 10.3. The molecule has 0 N–H and O–H groups in total. The first-order valence-corrected chi connectivity index (χ1v) is 7.61. The third kappa shape index (κ3) is 4.47. The number of ether oxygens (including phenoxy) is 1. The molecule has 0 atom stereocenters. The monoisotopic (exact) mass is 256 g/mol. The van der Waals surface area contributed by atoms with Gasteiger partial charge in [0.05, 0.1) is 0 Å². The minimum atomic E-state index is -2.52. The van der Waals surface area contributed by atoms with Gasteiger partial charge in [-0.15, -0.1) is 0 Å². The molecule has 0 fully saturated rings. The summed E-state index contributed by atoms with van der Waals surface area (Å²) < 4.78 is 21.9. The lowest BCUT2D eigenvalue weighted by molar-refractivity contribution is 0.0276. The average Bonchev–Trinajstić information content (AvgIpc) is 2.39. The van der Waals surface area contributed by atoms with E-state index in [0.717, 1.165) is 18.2 Å². The molecule has 1 aromatic carbocycles. The van der Waals surface area contributed by atoms with Crippen LogP contribution in [0.1, 0.15) is 13.3 Å². The predicted molar refractivity (Wildman–Crippen MR) is 67.9 cm³/mol. The minimum Gasteiger partial charge on any atom is -0.468 e. The molecule has 4 nitrogen and oxygen atoms in total. The summed E-state index contributed by atoms with van der Waals surface area (Å²) in [5.74, 6) is 0.777. The van der Waals surface area contributed by atoms with Gasteiger partial charge in [0.1, 0.15) is 5.75 Å². The molecule has 0 unspecified atom stereocenters.